The second-order valence-corrected chi connectivity index (χ2v) is 2.83. The number of hydrogen-bond donors (Lipinski definition) is 0. The molecule has 1 aromatic carbocycles. The van der Waals surface area contributed by atoms with Crippen LogP contribution in [0, 0.1) is 5.82 Å². The zero-order chi connectivity index (χ0) is 9.80. The van der Waals surface area contributed by atoms with E-state index in [0.717, 1.165) is 0 Å². The Bertz CT molecular complexity index is 395. The van der Waals surface area contributed by atoms with E-state index in [1.165, 1.54) is 12.1 Å². The Morgan fingerprint density at radius 3 is 2.86 bits per heavy atom. The first-order chi connectivity index (χ1) is 6.84. The van der Waals surface area contributed by atoms with Gasteiger partial charge in [0.25, 0.3) is 0 Å². The van der Waals surface area contributed by atoms with Gasteiger partial charge in [0, 0.05) is 6.07 Å². The van der Waals surface area contributed by atoms with E-state index in [1.54, 1.807) is 30.5 Å². The van der Waals surface area contributed by atoms with E-state index in [1.807, 2.05) is 0 Å². The molecule has 0 saturated carbocycles. The van der Waals surface area contributed by atoms with E-state index in [4.69, 9.17) is 9.15 Å². The summed E-state index contributed by atoms with van der Waals surface area (Å²) in [5.41, 5.74) is 0. The Kier molecular flexibility index (Phi) is 2.49. The molecule has 0 bridgehead atoms. The highest BCUT2D eigenvalue weighted by Crippen LogP contribution is 2.14. The van der Waals surface area contributed by atoms with Gasteiger partial charge < -0.3 is 9.15 Å². The van der Waals surface area contributed by atoms with Crippen molar-refractivity contribution >= 4 is 0 Å². The van der Waals surface area contributed by atoms with E-state index in [-0.39, 0.29) is 5.82 Å². The van der Waals surface area contributed by atoms with Crippen molar-refractivity contribution in [3.63, 3.8) is 0 Å². The lowest BCUT2D eigenvalue weighted by atomic mass is 10.3. The third-order valence-corrected chi connectivity index (χ3v) is 1.76. The van der Waals surface area contributed by atoms with Crippen molar-refractivity contribution in [2.45, 2.75) is 6.61 Å². The van der Waals surface area contributed by atoms with Crippen molar-refractivity contribution in [1.82, 2.24) is 0 Å². The van der Waals surface area contributed by atoms with Crippen LogP contribution in [0.5, 0.6) is 5.75 Å². The Hall–Kier alpha value is -1.77. The summed E-state index contributed by atoms with van der Waals surface area (Å²) in [5, 5.41) is 0. The first kappa shape index (κ1) is 8.81. The molecule has 2 aromatic rings. The maximum Gasteiger partial charge on any atom is 0.146 e. The Morgan fingerprint density at radius 2 is 2.14 bits per heavy atom. The molecule has 72 valence electrons. The number of ether oxygens (including phenoxy) is 1. The molecule has 0 unspecified atom stereocenters. The van der Waals surface area contributed by atoms with Gasteiger partial charge in [-0.15, -0.1) is 0 Å². The standard InChI is InChI=1S/C11H9FO2/c12-9-3-1-4-10(7-9)14-8-11-5-2-6-13-11/h1-7H,8H2. The maximum absolute atomic E-state index is 12.7. The van der Waals surface area contributed by atoms with Crippen molar-refractivity contribution < 1.29 is 13.5 Å². The SMILES string of the molecule is Fc1cccc(OCc2ccco2)c1. The molecule has 0 radical (unpaired) electrons. The number of rotatable bonds is 3. The summed E-state index contributed by atoms with van der Waals surface area (Å²) in [6, 6.07) is 9.60. The molecule has 2 nitrogen and oxygen atoms in total. The number of furan rings is 1. The highest BCUT2D eigenvalue weighted by atomic mass is 19.1. The summed E-state index contributed by atoms with van der Waals surface area (Å²) in [6.45, 7) is 0.316. The quantitative estimate of drug-likeness (QED) is 0.745. The lowest BCUT2D eigenvalue weighted by Crippen LogP contribution is -1.93. The van der Waals surface area contributed by atoms with Crippen molar-refractivity contribution in [3.8, 4) is 5.75 Å². The van der Waals surface area contributed by atoms with Crippen LogP contribution in [0.15, 0.2) is 47.1 Å². The van der Waals surface area contributed by atoms with Gasteiger partial charge in [0.05, 0.1) is 6.26 Å². The Morgan fingerprint density at radius 1 is 1.21 bits per heavy atom. The van der Waals surface area contributed by atoms with Crippen LogP contribution in [0.4, 0.5) is 4.39 Å². The van der Waals surface area contributed by atoms with Crippen LogP contribution < -0.4 is 4.74 Å². The van der Waals surface area contributed by atoms with E-state index in [2.05, 4.69) is 0 Å². The highest BCUT2D eigenvalue weighted by molar-refractivity contribution is 5.22. The Labute approximate surface area is 80.9 Å². The molecule has 3 heteroatoms. The summed E-state index contributed by atoms with van der Waals surface area (Å²) in [6.07, 6.45) is 1.57. The molecule has 0 spiro atoms. The minimum Gasteiger partial charge on any atom is -0.486 e. The predicted octanol–water partition coefficient (Wildman–Crippen LogP) is 3.00. The lowest BCUT2D eigenvalue weighted by Gasteiger charge is -2.03. The summed E-state index contributed by atoms with van der Waals surface area (Å²) in [5.74, 6) is 0.914. The topological polar surface area (TPSA) is 22.4 Å². The average Bonchev–Trinajstić information content (AvgIpc) is 2.67. The van der Waals surface area contributed by atoms with Crippen molar-refractivity contribution in [1.29, 1.82) is 0 Å². The smallest absolute Gasteiger partial charge is 0.146 e. The molecule has 14 heavy (non-hydrogen) atoms. The van der Waals surface area contributed by atoms with Crippen molar-refractivity contribution in [2.24, 2.45) is 0 Å². The summed E-state index contributed by atoms with van der Waals surface area (Å²) >= 11 is 0. The van der Waals surface area contributed by atoms with E-state index in [0.29, 0.717) is 18.1 Å². The van der Waals surface area contributed by atoms with Crippen LogP contribution in [0.3, 0.4) is 0 Å². The van der Waals surface area contributed by atoms with Crippen LogP contribution in [0.25, 0.3) is 0 Å². The molecule has 1 aromatic heterocycles. The second kappa shape index (κ2) is 3.96. The number of benzene rings is 1. The average molecular weight is 192 g/mol. The van der Waals surface area contributed by atoms with Crippen LogP contribution in [-0.2, 0) is 6.61 Å². The molecular weight excluding hydrogens is 183 g/mol. The molecule has 0 aliphatic rings. The van der Waals surface area contributed by atoms with Gasteiger partial charge in [0.15, 0.2) is 0 Å². The van der Waals surface area contributed by atoms with E-state index < -0.39 is 0 Å². The van der Waals surface area contributed by atoms with Crippen LogP contribution in [0.1, 0.15) is 5.76 Å². The van der Waals surface area contributed by atoms with E-state index >= 15 is 0 Å². The van der Waals surface area contributed by atoms with Gasteiger partial charge in [-0.05, 0) is 24.3 Å². The monoisotopic (exact) mass is 192 g/mol. The van der Waals surface area contributed by atoms with Crippen LogP contribution >= 0.6 is 0 Å². The van der Waals surface area contributed by atoms with Crippen molar-refractivity contribution in [2.75, 3.05) is 0 Å². The Balaban J connectivity index is 1.98. The summed E-state index contributed by atoms with van der Waals surface area (Å²) in [7, 11) is 0. The first-order valence-electron chi connectivity index (χ1n) is 4.25. The highest BCUT2D eigenvalue weighted by Gasteiger charge is 1.98. The van der Waals surface area contributed by atoms with Crippen LogP contribution in [-0.4, -0.2) is 0 Å². The zero-order valence-electron chi connectivity index (χ0n) is 7.44. The molecular formula is C11H9FO2. The maximum atomic E-state index is 12.7. The van der Waals surface area contributed by atoms with Crippen molar-refractivity contribution in [3.05, 3.63) is 54.2 Å². The normalized spacial score (nSPS) is 10.1. The van der Waals surface area contributed by atoms with E-state index in [9.17, 15) is 4.39 Å². The molecule has 0 aliphatic heterocycles. The minimum atomic E-state index is -0.304. The van der Waals surface area contributed by atoms with Gasteiger partial charge in [0.1, 0.15) is 23.9 Å². The molecule has 0 atom stereocenters. The third kappa shape index (κ3) is 2.13. The molecule has 0 saturated heterocycles. The van der Waals surface area contributed by atoms with Gasteiger partial charge in [-0.3, -0.25) is 0 Å². The molecule has 0 fully saturated rings. The molecule has 1 heterocycles. The first-order valence-corrected chi connectivity index (χ1v) is 4.25. The fourth-order valence-electron chi connectivity index (χ4n) is 1.11. The predicted molar refractivity (Wildman–Crippen MR) is 49.4 cm³/mol. The summed E-state index contributed by atoms with van der Waals surface area (Å²) < 4.78 is 23.1. The van der Waals surface area contributed by atoms with Gasteiger partial charge in [0.2, 0.25) is 0 Å². The largest absolute Gasteiger partial charge is 0.486 e. The van der Waals surface area contributed by atoms with Gasteiger partial charge in [-0.25, -0.2) is 4.39 Å². The summed E-state index contributed by atoms with van der Waals surface area (Å²) in [4.78, 5) is 0. The molecule has 0 amide bonds. The number of hydrogen-bond acceptors (Lipinski definition) is 2. The molecule has 2 rings (SSSR count). The lowest BCUT2D eigenvalue weighted by molar-refractivity contribution is 0.269. The van der Waals surface area contributed by atoms with Gasteiger partial charge in [-0.2, -0.15) is 0 Å². The van der Waals surface area contributed by atoms with Gasteiger partial charge in [-0.1, -0.05) is 6.07 Å². The van der Waals surface area contributed by atoms with Gasteiger partial charge >= 0.3 is 0 Å². The third-order valence-electron chi connectivity index (χ3n) is 1.76. The minimum absolute atomic E-state index is 0.304. The molecule has 0 N–H and O–H groups in total. The second-order valence-electron chi connectivity index (χ2n) is 2.83. The number of halogens is 1. The van der Waals surface area contributed by atoms with Crippen LogP contribution in [0.2, 0.25) is 0 Å². The zero-order valence-corrected chi connectivity index (χ0v) is 7.44. The molecule has 0 aliphatic carbocycles. The fourth-order valence-corrected chi connectivity index (χ4v) is 1.11. The fraction of sp³-hybridized carbons (Fsp3) is 0.0909.